The highest BCUT2D eigenvalue weighted by molar-refractivity contribution is 7.80. The molecule has 2 N–H and O–H groups in total. The average molecular weight is 380 g/mol. The van der Waals surface area contributed by atoms with Gasteiger partial charge in [-0.15, -0.1) is 0 Å². The zero-order valence-corrected chi connectivity index (χ0v) is 15.9. The molecule has 7 heteroatoms. The molecule has 0 saturated heterocycles. The van der Waals surface area contributed by atoms with Crippen molar-refractivity contribution in [2.24, 2.45) is 7.05 Å². The van der Waals surface area contributed by atoms with E-state index in [0.29, 0.717) is 18.1 Å². The van der Waals surface area contributed by atoms with Gasteiger partial charge in [0.1, 0.15) is 12.4 Å². The predicted molar refractivity (Wildman–Crippen MR) is 109 cm³/mol. The van der Waals surface area contributed by atoms with Gasteiger partial charge in [0, 0.05) is 24.5 Å². The van der Waals surface area contributed by atoms with Gasteiger partial charge in [-0.1, -0.05) is 36.4 Å². The topological polar surface area (TPSA) is 68.2 Å². The molecule has 0 unspecified atom stereocenters. The first kappa shape index (κ1) is 18.6. The van der Waals surface area contributed by atoms with E-state index in [1.807, 2.05) is 61.5 Å². The molecule has 6 nitrogen and oxygen atoms in total. The Balaban J connectivity index is 1.57. The average Bonchev–Trinajstić information content (AvgIpc) is 3.00. The molecule has 1 amide bonds. The Morgan fingerprint density at radius 3 is 2.63 bits per heavy atom. The Morgan fingerprint density at radius 1 is 1.15 bits per heavy atom. The third-order valence-corrected chi connectivity index (χ3v) is 4.12. The first-order chi connectivity index (χ1) is 13.0. The normalized spacial score (nSPS) is 10.3. The molecule has 1 aromatic heterocycles. The molecule has 0 spiro atoms. The summed E-state index contributed by atoms with van der Waals surface area (Å²) in [6.45, 7) is 2.35. The van der Waals surface area contributed by atoms with Crippen LogP contribution in [0.25, 0.3) is 0 Å². The van der Waals surface area contributed by atoms with Gasteiger partial charge in [-0.25, -0.2) is 0 Å². The van der Waals surface area contributed by atoms with E-state index >= 15 is 0 Å². The largest absolute Gasteiger partial charge is 0.489 e. The van der Waals surface area contributed by atoms with Crippen LogP contribution in [0.3, 0.4) is 0 Å². The van der Waals surface area contributed by atoms with Crippen molar-refractivity contribution in [2.45, 2.75) is 13.5 Å². The number of hydrogen-bond acceptors (Lipinski definition) is 4. The van der Waals surface area contributed by atoms with Crippen LogP contribution in [-0.4, -0.2) is 20.8 Å². The van der Waals surface area contributed by atoms with Gasteiger partial charge in [-0.05, 0) is 42.9 Å². The molecular formula is C20H20N4O2S. The van der Waals surface area contributed by atoms with Crippen molar-refractivity contribution >= 4 is 28.9 Å². The Bertz CT molecular complexity index is 934. The number of carbonyl (C=O) groups is 1. The van der Waals surface area contributed by atoms with E-state index in [0.717, 1.165) is 16.9 Å². The number of ether oxygens (including phenoxy) is 1. The molecule has 0 saturated carbocycles. The Morgan fingerprint density at radius 2 is 1.93 bits per heavy atom. The van der Waals surface area contributed by atoms with Gasteiger partial charge < -0.3 is 10.1 Å². The monoisotopic (exact) mass is 380 g/mol. The lowest BCUT2D eigenvalue weighted by Crippen LogP contribution is -2.34. The number of nitrogens with one attached hydrogen (secondary N) is 2. The number of thiocarbonyl (C=S) groups is 1. The number of nitrogens with zero attached hydrogens (tertiary/aromatic N) is 2. The van der Waals surface area contributed by atoms with Crippen LogP contribution in [0.5, 0.6) is 5.75 Å². The lowest BCUT2D eigenvalue weighted by atomic mass is 10.2. The van der Waals surface area contributed by atoms with Crippen LogP contribution in [0.2, 0.25) is 0 Å². The summed E-state index contributed by atoms with van der Waals surface area (Å²) in [6.07, 6.45) is 0. The van der Waals surface area contributed by atoms with Crippen molar-refractivity contribution in [3.63, 3.8) is 0 Å². The minimum absolute atomic E-state index is 0.198. The fourth-order valence-electron chi connectivity index (χ4n) is 2.41. The van der Waals surface area contributed by atoms with E-state index in [9.17, 15) is 4.79 Å². The summed E-state index contributed by atoms with van der Waals surface area (Å²) in [7, 11) is 1.78. The number of aryl methyl sites for hydroxylation is 2. The molecule has 3 aromatic rings. The van der Waals surface area contributed by atoms with Crippen LogP contribution < -0.4 is 15.4 Å². The number of aromatic nitrogens is 2. The highest BCUT2D eigenvalue weighted by Gasteiger charge is 2.12. The third-order valence-electron chi connectivity index (χ3n) is 3.91. The highest BCUT2D eigenvalue weighted by Crippen LogP contribution is 2.18. The number of anilines is 1. The molecule has 0 aliphatic carbocycles. The van der Waals surface area contributed by atoms with E-state index in [1.54, 1.807) is 17.8 Å². The van der Waals surface area contributed by atoms with Crippen LogP contribution in [0, 0.1) is 6.92 Å². The van der Waals surface area contributed by atoms with Crippen LogP contribution in [0.1, 0.15) is 21.7 Å². The van der Waals surface area contributed by atoms with Crippen molar-refractivity contribution in [1.29, 1.82) is 0 Å². The number of amides is 1. The summed E-state index contributed by atoms with van der Waals surface area (Å²) in [4.78, 5) is 12.2. The molecule has 0 radical (unpaired) electrons. The summed E-state index contributed by atoms with van der Waals surface area (Å²) in [6, 6.07) is 19.0. The van der Waals surface area contributed by atoms with Crippen LogP contribution in [0.4, 0.5) is 5.69 Å². The smallest absolute Gasteiger partial charge is 0.277 e. The quantitative estimate of drug-likeness (QED) is 0.664. The van der Waals surface area contributed by atoms with Crippen molar-refractivity contribution in [3.05, 3.63) is 77.6 Å². The number of rotatable bonds is 5. The van der Waals surface area contributed by atoms with Gasteiger partial charge in [0.25, 0.3) is 5.91 Å². The molecule has 0 aliphatic heterocycles. The molecule has 0 fully saturated rings. The SMILES string of the molecule is Cc1cc(C(=O)NC(=S)Nc2cccc(OCc3ccccc3)c2)nn1C. The number of hydrogen-bond donors (Lipinski definition) is 2. The zero-order chi connectivity index (χ0) is 19.2. The first-order valence-corrected chi connectivity index (χ1v) is 8.82. The van der Waals surface area contributed by atoms with Crippen molar-refractivity contribution in [2.75, 3.05) is 5.32 Å². The minimum atomic E-state index is -0.354. The Labute approximate surface area is 163 Å². The van der Waals surface area contributed by atoms with Crippen LogP contribution >= 0.6 is 12.2 Å². The molecule has 0 atom stereocenters. The number of carbonyl (C=O) groups excluding carboxylic acids is 1. The van der Waals surface area contributed by atoms with Gasteiger partial charge in [-0.2, -0.15) is 5.10 Å². The second-order valence-electron chi connectivity index (χ2n) is 6.00. The second-order valence-corrected chi connectivity index (χ2v) is 6.41. The van der Waals surface area contributed by atoms with Crippen LogP contribution in [0.15, 0.2) is 60.7 Å². The molecule has 2 aromatic carbocycles. The molecule has 1 heterocycles. The van der Waals surface area contributed by atoms with E-state index in [1.165, 1.54) is 0 Å². The zero-order valence-electron chi connectivity index (χ0n) is 15.1. The fourth-order valence-corrected chi connectivity index (χ4v) is 2.62. The second kappa shape index (κ2) is 8.46. The molecule has 3 rings (SSSR count). The van der Waals surface area contributed by atoms with Gasteiger partial charge >= 0.3 is 0 Å². The van der Waals surface area contributed by atoms with Crippen molar-refractivity contribution in [1.82, 2.24) is 15.1 Å². The van der Waals surface area contributed by atoms with Gasteiger partial charge in [0.15, 0.2) is 10.8 Å². The Hall–Kier alpha value is -3.19. The van der Waals surface area contributed by atoms with Gasteiger partial charge in [-0.3, -0.25) is 14.8 Å². The summed E-state index contributed by atoms with van der Waals surface area (Å²) in [5.74, 6) is 0.353. The lowest BCUT2D eigenvalue weighted by Gasteiger charge is -2.11. The summed E-state index contributed by atoms with van der Waals surface area (Å²) in [5, 5.41) is 9.95. The van der Waals surface area contributed by atoms with Crippen molar-refractivity contribution in [3.8, 4) is 5.75 Å². The fraction of sp³-hybridized carbons (Fsp3) is 0.150. The summed E-state index contributed by atoms with van der Waals surface area (Å²) >= 11 is 5.22. The lowest BCUT2D eigenvalue weighted by molar-refractivity contribution is 0.0972. The first-order valence-electron chi connectivity index (χ1n) is 8.41. The van der Waals surface area contributed by atoms with Crippen LogP contribution in [-0.2, 0) is 13.7 Å². The van der Waals surface area contributed by atoms with E-state index < -0.39 is 0 Å². The third kappa shape index (κ3) is 5.15. The standard InChI is InChI=1S/C20H20N4O2S/c1-14-11-18(23-24(14)2)19(25)22-20(27)21-16-9-6-10-17(12-16)26-13-15-7-4-3-5-8-15/h3-12H,13H2,1-2H3,(H2,21,22,25,27). The van der Waals surface area contributed by atoms with Gasteiger partial charge in [0.05, 0.1) is 0 Å². The highest BCUT2D eigenvalue weighted by atomic mass is 32.1. The summed E-state index contributed by atoms with van der Waals surface area (Å²) < 4.78 is 7.44. The summed E-state index contributed by atoms with van der Waals surface area (Å²) in [5.41, 5.74) is 3.02. The maximum atomic E-state index is 12.2. The van der Waals surface area contributed by atoms with Gasteiger partial charge in [0.2, 0.25) is 0 Å². The maximum Gasteiger partial charge on any atom is 0.277 e. The molecule has 0 aliphatic rings. The van der Waals surface area contributed by atoms with Crippen molar-refractivity contribution < 1.29 is 9.53 Å². The Kier molecular flexibility index (Phi) is 5.83. The minimum Gasteiger partial charge on any atom is -0.489 e. The molecule has 0 bridgehead atoms. The maximum absolute atomic E-state index is 12.2. The predicted octanol–water partition coefficient (Wildman–Crippen LogP) is 3.43. The van der Waals surface area contributed by atoms with E-state index in [4.69, 9.17) is 17.0 Å². The molecular weight excluding hydrogens is 360 g/mol. The molecule has 138 valence electrons. The molecule has 27 heavy (non-hydrogen) atoms. The van der Waals surface area contributed by atoms with E-state index in [-0.39, 0.29) is 11.0 Å². The number of benzene rings is 2. The van der Waals surface area contributed by atoms with E-state index in [2.05, 4.69) is 15.7 Å².